The quantitative estimate of drug-likeness (QED) is 0.869. The molecule has 1 aliphatic rings. The van der Waals surface area contributed by atoms with Gasteiger partial charge in [0, 0.05) is 12.6 Å². The Hall–Kier alpha value is -1.17. The smallest absolute Gasteiger partial charge is 0.223 e. The van der Waals surface area contributed by atoms with E-state index >= 15 is 0 Å². The fraction of sp³-hybridized carbons (Fsp3) is 0.300. The molecule has 0 spiro atoms. The van der Waals surface area contributed by atoms with Crippen LogP contribution in [0.1, 0.15) is 0 Å². The lowest BCUT2D eigenvalue weighted by atomic mass is 10.3. The number of hydrogen-bond donors (Lipinski definition) is 2. The zero-order valence-corrected chi connectivity index (χ0v) is 10.8. The minimum absolute atomic E-state index is 0. The van der Waals surface area contributed by atoms with Gasteiger partial charge in [0.05, 0.1) is 24.4 Å². The molecule has 0 aliphatic carbocycles. The Kier molecular flexibility index (Phi) is 4.86. The van der Waals surface area contributed by atoms with Gasteiger partial charge >= 0.3 is 0 Å². The Morgan fingerprint density at radius 3 is 2.88 bits per heavy atom. The highest BCUT2D eigenvalue weighted by molar-refractivity contribution is 6.33. The van der Waals surface area contributed by atoms with Gasteiger partial charge in [-0.2, -0.15) is 0 Å². The number of rotatable bonds is 2. The van der Waals surface area contributed by atoms with Crippen LogP contribution >= 0.6 is 24.0 Å². The first-order valence-corrected chi connectivity index (χ1v) is 5.21. The van der Waals surface area contributed by atoms with Crippen LogP contribution in [0.25, 0.3) is 0 Å². The number of halogens is 2. The molecule has 0 atom stereocenters. The van der Waals surface area contributed by atoms with Crippen LogP contribution in [0.3, 0.4) is 0 Å². The topological polar surface area (TPSA) is 57.1 Å². The first-order valence-electron chi connectivity index (χ1n) is 4.83. The SMILES string of the molecule is COc1ccc(Cl)c(/N=C2/NCCN2O)c1.Cl. The van der Waals surface area contributed by atoms with Crippen molar-refractivity contribution in [1.29, 1.82) is 0 Å². The van der Waals surface area contributed by atoms with Crippen LogP contribution in [0.5, 0.6) is 5.75 Å². The van der Waals surface area contributed by atoms with Gasteiger partial charge in [0.2, 0.25) is 5.96 Å². The monoisotopic (exact) mass is 277 g/mol. The summed E-state index contributed by atoms with van der Waals surface area (Å²) in [5.41, 5.74) is 0.560. The molecule has 2 rings (SSSR count). The molecule has 94 valence electrons. The second kappa shape index (κ2) is 5.95. The summed E-state index contributed by atoms with van der Waals surface area (Å²) in [4.78, 5) is 4.22. The van der Waals surface area contributed by atoms with E-state index in [1.807, 2.05) is 0 Å². The molecule has 0 unspecified atom stereocenters. The van der Waals surface area contributed by atoms with Crippen molar-refractivity contribution in [2.24, 2.45) is 4.99 Å². The van der Waals surface area contributed by atoms with Gasteiger partial charge < -0.3 is 10.1 Å². The number of hydrogen-bond acceptors (Lipinski definition) is 3. The molecule has 7 heteroatoms. The van der Waals surface area contributed by atoms with E-state index in [0.29, 0.717) is 35.5 Å². The molecule has 5 nitrogen and oxygen atoms in total. The molecule has 0 radical (unpaired) electrons. The molecule has 1 aromatic carbocycles. The van der Waals surface area contributed by atoms with E-state index in [2.05, 4.69) is 10.3 Å². The Morgan fingerprint density at radius 1 is 1.53 bits per heavy atom. The molecule has 0 bridgehead atoms. The molecule has 0 amide bonds. The van der Waals surface area contributed by atoms with Gasteiger partial charge in [0.1, 0.15) is 5.75 Å². The van der Waals surface area contributed by atoms with Crippen LogP contribution in [-0.2, 0) is 0 Å². The minimum Gasteiger partial charge on any atom is -0.497 e. The predicted molar refractivity (Wildman–Crippen MR) is 68.8 cm³/mol. The molecule has 17 heavy (non-hydrogen) atoms. The summed E-state index contributed by atoms with van der Waals surface area (Å²) < 4.78 is 5.08. The molecule has 1 heterocycles. The van der Waals surface area contributed by atoms with Gasteiger partial charge in [0.15, 0.2) is 0 Å². The van der Waals surface area contributed by atoms with Crippen LogP contribution in [-0.4, -0.2) is 36.4 Å². The summed E-state index contributed by atoms with van der Waals surface area (Å²) in [5.74, 6) is 1.07. The highest BCUT2D eigenvalue weighted by atomic mass is 35.5. The third-order valence-corrected chi connectivity index (χ3v) is 2.55. The number of methoxy groups -OCH3 is 1. The summed E-state index contributed by atoms with van der Waals surface area (Å²) in [6.45, 7) is 1.18. The lowest BCUT2D eigenvalue weighted by molar-refractivity contribution is -0.00126. The van der Waals surface area contributed by atoms with E-state index in [1.54, 1.807) is 25.3 Å². The number of benzene rings is 1. The fourth-order valence-corrected chi connectivity index (χ4v) is 1.55. The van der Waals surface area contributed by atoms with E-state index in [1.165, 1.54) is 0 Å². The van der Waals surface area contributed by atoms with Crippen LogP contribution in [0.15, 0.2) is 23.2 Å². The second-order valence-corrected chi connectivity index (χ2v) is 3.71. The Bertz CT molecular complexity index is 426. The molecular weight excluding hydrogens is 265 g/mol. The summed E-state index contributed by atoms with van der Waals surface area (Å²) in [5, 5.41) is 13.9. The standard InChI is InChI=1S/C10H12ClN3O2.ClH/c1-16-7-2-3-8(11)9(6-7)13-10-12-4-5-14(10)15;/h2-3,6,15H,4-5H2,1H3,(H,12,13);1H. The van der Waals surface area contributed by atoms with Crippen molar-refractivity contribution in [3.05, 3.63) is 23.2 Å². The van der Waals surface area contributed by atoms with Gasteiger partial charge in [-0.1, -0.05) is 11.6 Å². The third-order valence-electron chi connectivity index (χ3n) is 2.23. The summed E-state index contributed by atoms with van der Waals surface area (Å²) >= 11 is 5.99. The highest BCUT2D eigenvalue weighted by Gasteiger charge is 2.15. The van der Waals surface area contributed by atoms with Crippen molar-refractivity contribution in [2.75, 3.05) is 20.2 Å². The average molecular weight is 278 g/mol. The maximum absolute atomic E-state index is 9.43. The summed E-state index contributed by atoms with van der Waals surface area (Å²) in [6, 6.07) is 5.17. The first kappa shape index (κ1) is 13.9. The number of hydroxylamine groups is 2. The zero-order valence-electron chi connectivity index (χ0n) is 9.18. The molecule has 0 saturated carbocycles. The van der Waals surface area contributed by atoms with E-state index in [9.17, 15) is 5.21 Å². The van der Waals surface area contributed by atoms with Crippen LogP contribution in [0, 0.1) is 0 Å². The van der Waals surface area contributed by atoms with Crippen molar-refractivity contribution in [3.8, 4) is 5.75 Å². The van der Waals surface area contributed by atoms with E-state index in [-0.39, 0.29) is 12.4 Å². The van der Waals surface area contributed by atoms with Crippen molar-refractivity contribution < 1.29 is 9.94 Å². The fourth-order valence-electron chi connectivity index (χ4n) is 1.39. The van der Waals surface area contributed by atoms with Gasteiger partial charge in [-0.05, 0) is 12.1 Å². The normalized spacial score (nSPS) is 16.6. The van der Waals surface area contributed by atoms with Crippen LogP contribution in [0.2, 0.25) is 5.02 Å². The predicted octanol–water partition coefficient (Wildman–Crippen LogP) is 2.05. The average Bonchev–Trinajstić information content (AvgIpc) is 2.68. The minimum atomic E-state index is 0. The lowest BCUT2D eigenvalue weighted by Crippen LogP contribution is -2.26. The van der Waals surface area contributed by atoms with E-state index in [0.717, 1.165) is 5.06 Å². The van der Waals surface area contributed by atoms with Gasteiger partial charge in [-0.25, -0.2) is 10.1 Å². The molecule has 1 aliphatic heterocycles. The highest BCUT2D eigenvalue weighted by Crippen LogP contribution is 2.29. The third kappa shape index (κ3) is 3.15. The van der Waals surface area contributed by atoms with Crippen LogP contribution in [0.4, 0.5) is 5.69 Å². The molecule has 1 fully saturated rings. The van der Waals surface area contributed by atoms with Crippen molar-refractivity contribution in [1.82, 2.24) is 10.4 Å². The number of guanidine groups is 1. The summed E-state index contributed by atoms with van der Waals surface area (Å²) in [6.07, 6.45) is 0. The van der Waals surface area contributed by atoms with Crippen LogP contribution < -0.4 is 10.1 Å². The second-order valence-electron chi connectivity index (χ2n) is 3.30. The molecule has 1 saturated heterocycles. The number of aliphatic imine (C=N–C) groups is 1. The van der Waals surface area contributed by atoms with Gasteiger partial charge in [-0.3, -0.25) is 5.21 Å². The Morgan fingerprint density at radius 2 is 2.29 bits per heavy atom. The van der Waals surface area contributed by atoms with Crippen molar-refractivity contribution in [3.63, 3.8) is 0 Å². The molecule has 1 aromatic rings. The lowest BCUT2D eigenvalue weighted by Gasteiger charge is -2.09. The van der Waals surface area contributed by atoms with Gasteiger partial charge in [-0.15, -0.1) is 12.4 Å². The maximum Gasteiger partial charge on any atom is 0.223 e. The number of ether oxygens (including phenoxy) is 1. The zero-order chi connectivity index (χ0) is 11.5. The number of nitrogens with one attached hydrogen (secondary N) is 1. The largest absolute Gasteiger partial charge is 0.497 e. The first-order chi connectivity index (χ1) is 7.70. The molecular formula is C10H13Cl2N3O2. The summed E-state index contributed by atoms with van der Waals surface area (Å²) in [7, 11) is 1.58. The number of nitrogens with zero attached hydrogens (tertiary/aromatic N) is 2. The molecule has 2 N–H and O–H groups in total. The Balaban J connectivity index is 0.00000144. The van der Waals surface area contributed by atoms with E-state index < -0.39 is 0 Å². The maximum atomic E-state index is 9.43. The Labute approximate surface area is 110 Å². The van der Waals surface area contributed by atoms with Crippen molar-refractivity contribution >= 4 is 35.7 Å². The molecule has 0 aromatic heterocycles. The van der Waals surface area contributed by atoms with Crippen molar-refractivity contribution in [2.45, 2.75) is 0 Å². The van der Waals surface area contributed by atoms with E-state index in [4.69, 9.17) is 16.3 Å². The van der Waals surface area contributed by atoms with Gasteiger partial charge in [0.25, 0.3) is 0 Å².